The number of carboxylic acid groups (broad SMARTS) is 1. The third-order valence-electron chi connectivity index (χ3n) is 5.48. The second-order valence-electron chi connectivity index (χ2n) is 9.68. The number of carbonyl (C=O) groups is 3. The summed E-state index contributed by atoms with van der Waals surface area (Å²) < 4.78 is 6.85. The van der Waals surface area contributed by atoms with Crippen LogP contribution in [0.3, 0.4) is 0 Å². The molecular weight excluding hydrogens is 486 g/mol. The summed E-state index contributed by atoms with van der Waals surface area (Å²) in [4.78, 5) is 41.0. The maximum absolute atomic E-state index is 13.3. The number of hydrogen-bond donors (Lipinski definition) is 3. The number of rotatable bonds is 8. The molecule has 10 nitrogen and oxygen atoms in total. The lowest BCUT2D eigenvalue weighted by atomic mass is 10.1. The molecule has 2 heterocycles. The van der Waals surface area contributed by atoms with E-state index in [0.29, 0.717) is 41.1 Å². The molecule has 0 saturated carbocycles. The van der Waals surface area contributed by atoms with Crippen molar-refractivity contribution in [1.29, 1.82) is 0 Å². The largest absolute Gasteiger partial charge is 0.481 e. The van der Waals surface area contributed by atoms with Gasteiger partial charge >= 0.3 is 12.1 Å². The smallest absolute Gasteiger partial charge is 0.407 e. The highest BCUT2D eigenvalue weighted by molar-refractivity contribution is 6.08. The summed E-state index contributed by atoms with van der Waals surface area (Å²) >= 11 is 0. The number of nitrogens with one attached hydrogen (secondary N) is 2. The highest BCUT2D eigenvalue weighted by Gasteiger charge is 2.19. The van der Waals surface area contributed by atoms with Gasteiger partial charge in [0.05, 0.1) is 11.9 Å². The van der Waals surface area contributed by atoms with E-state index in [0.717, 1.165) is 5.56 Å². The van der Waals surface area contributed by atoms with Crippen molar-refractivity contribution < 1.29 is 24.2 Å². The molecule has 4 aromatic rings. The number of aromatic nitrogens is 3. The standard InChI is InChI=1S/C28H29N5O5/c1-28(2,3)38-27(37)29-14-13-18-8-6-10-20(16-18)25-31-24(22-12-7-15-33(22)32-25)26(36)30-21-11-5-4-9-19(21)17-23(34)35/h4-12,15-16H,13-14,17H2,1-3H3,(H,29,37)(H,30,36)(H,34,35). The van der Waals surface area contributed by atoms with Crippen molar-refractivity contribution in [3.63, 3.8) is 0 Å². The van der Waals surface area contributed by atoms with Gasteiger partial charge in [0.1, 0.15) is 5.60 Å². The van der Waals surface area contributed by atoms with E-state index in [4.69, 9.17) is 4.74 Å². The highest BCUT2D eigenvalue weighted by atomic mass is 16.6. The lowest BCUT2D eigenvalue weighted by Crippen LogP contribution is -2.33. The van der Waals surface area contributed by atoms with Crippen LogP contribution in [0.4, 0.5) is 10.5 Å². The Morgan fingerprint density at radius 1 is 1.03 bits per heavy atom. The maximum Gasteiger partial charge on any atom is 0.407 e. The number of benzene rings is 2. The number of carbonyl (C=O) groups excluding carboxylic acids is 2. The van der Waals surface area contributed by atoms with Crippen LogP contribution < -0.4 is 10.6 Å². The van der Waals surface area contributed by atoms with Crippen molar-refractivity contribution in [1.82, 2.24) is 19.9 Å². The van der Waals surface area contributed by atoms with Gasteiger partial charge in [0.15, 0.2) is 11.5 Å². The Morgan fingerprint density at radius 3 is 2.58 bits per heavy atom. The molecule has 2 aromatic carbocycles. The normalized spacial score (nSPS) is 11.2. The topological polar surface area (TPSA) is 135 Å². The van der Waals surface area contributed by atoms with Gasteiger partial charge in [0, 0.05) is 24.0 Å². The van der Waals surface area contributed by atoms with Gasteiger partial charge in [-0.25, -0.2) is 14.3 Å². The van der Waals surface area contributed by atoms with Crippen molar-refractivity contribution >= 4 is 29.2 Å². The monoisotopic (exact) mass is 515 g/mol. The van der Waals surface area contributed by atoms with Crippen LogP contribution >= 0.6 is 0 Å². The van der Waals surface area contributed by atoms with Crippen LogP contribution in [-0.2, 0) is 22.4 Å². The molecule has 0 aliphatic rings. The average Bonchev–Trinajstić information content (AvgIpc) is 3.32. The van der Waals surface area contributed by atoms with Gasteiger partial charge in [-0.15, -0.1) is 5.10 Å². The van der Waals surface area contributed by atoms with Gasteiger partial charge in [-0.05, 0) is 62.6 Å². The van der Waals surface area contributed by atoms with Crippen molar-refractivity contribution in [2.24, 2.45) is 0 Å². The molecule has 2 aromatic heterocycles. The zero-order valence-electron chi connectivity index (χ0n) is 21.4. The van der Waals surface area contributed by atoms with Gasteiger partial charge in [0.2, 0.25) is 0 Å². The fourth-order valence-electron chi connectivity index (χ4n) is 3.85. The van der Waals surface area contributed by atoms with Crippen LogP contribution in [0, 0.1) is 0 Å². The van der Waals surface area contributed by atoms with Crippen molar-refractivity contribution in [3.05, 3.63) is 83.7 Å². The van der Waals surface area contributed by atoms with Gasteiger partial charge in [-0.1, -0.05) is 36.4 Å². The third kappa shape index (κ3) is 6.73. The Kier molecular flexibility index (Phi) is 7.71. The molecule has 10 heteroatoms. The first-order valence-corrected chi connectivity index (χ1v) is 12.1. The van der Waals surface area contributed by atoms with E-state index in [1.807, 2.05) is 24.3 Å². The maximum atomic E-state index is 13.3. The number of hydrogen-bond acceptors (Lipinski definition) is 6. The first kappa shape index (κ1) is 26.3. The first-order valence-electron chi connectivity index (χ1n) is 12.1. The molecule has 0 atom stereocenters. The van der Waals surface area contributed by atoms with Crippen LogP contribution in [0.15, 0.2) is 66.9 Å². The Hall–Kier alpha value is -4.73. The highest BCUT2D eigenvalue weighted by Crippen LogP contribution is 2.22. The summed E-state index contributed by atoms with van der Waals surface area (Å²) in [6, 6.07) is 17.8. The molecule has 196 valence electrons. The Balaban J connectivity index is 1.56. The Morgan fingerprint density at radius 2 is 1.82 bits per heavy atom. The number of nitrogens with zero attached hydrogens (tertiary/aromatic N) is 3. The molecule has 0 aliphatic heterocycles. The second kappa shape index (κ2) is 11.1. The van der Waals surface area contributed by atoms with Crippen LogP contribution in [0.2, 0.25) is 0 Å². The minimum Gasteiger partial charge on any atom is -0.481 e. The number of para-hydroxylation sites is 1. The van der Waals surface area contributed by atoms with E-state index in [2.05, 4.69) is 20.7 Å². The lowest BCUT2D eigenvalue weighted by Gasteiger charge is -2.19. The van der Waals surface area contributed by atoms with E-state index in [9.17, 15) is 19.5 Å². The molecule has 0 spiro atoms. The molecule has 2 amide bonds. The number of ether oxygens (including phenoxy) is 1. The lowest BCUT2D eigenvalue weighted by molar-refractivity contribution is -0.136. The predicted molar refractivity (Wildman–Crippen MR) is 142 cm³/mol. The Bertz CT molecular complexity index is 1490. The molecular formula is C28H29N5O5. The van der Waals surface area contributed by atoms with Crippen molar-refractivity contribution in [2.45, 2.75) is 39.2 Å². The average molecular weight is 516 g/mol. The van der Waals surface area contributed by atoms with Crippen molar-refractivity contribution in [3.8, 4) is 11.4 Å². The molecule has 0 bridgehead atoms. The van der Waals surface area contributed by atoms with E-state index in [1.54, 1.807) is 67.9 Å². The van der Waals surface area contributed by atoms with E-state index >= 15 is 0 Å². The third-order valence-corrected chi connectivity index (χ3v) is 5.48. The van der Waals surface area contributed by atoms with E-state index in [1.165, 1.54) is 0 Å². The number of amides is 2. The fourth-order valence-corrected chi connectivity index (χ4v) is 3.85. The number of anilines is 1. The number of fused-ring (bicyclic) bond motifs is 1. The quantitative estimate of drug-likeness (QED) is 0.318. The SMILES string of the molecule is CC(C)(C)OC(=O)NCCc1cccc(-c2nc(C(=O)Nc3ccccc3CC(=O)O)c3cccn3n2)c1. The minimum absolute atomic E-state index is 0.155. The van der Waals surface area contributed by atoms with Gasteiger partial charge in [-0.3, -0.25) is 9.59 Å². The zero-order valence-corrected chi connectivity index (χ0v) is 21.4. The summed E-state index contributed by atoms with van der Waals surface area (Å²) in [6.07, 6.45) is 1.59. The van der Waals surface area contributed by atoms with Crippen LogP contribution in [0.25, 0.3) is 16.9 Å². The van der Waals surface area contributed by atoms with E-state index < -0.39 is 23.6 Å². The zero-order chi connectivity index (χ0) is 27.3. The molecule has 0 radical (unpaired) electrons. The predicted octanol–water partition coefficient (Wildman–Crippen LogP) is 4.34. The molecule has 0 saturated heterocycles. The number of alkyl carbamates (subject to hydrolysis) is 1. The fraction of sp³-hybridized carbons (Fsp3) is 0.250. The molecule has 0 fully saturated rings. The summed E-state index contributed by atoms with van der Waals surface area (Å²) in [5, 5.41) is 19.3. The number of carboxylic acids is 1. The molecule has 3 N–H and O–H groups in total. The molecule has 0 aliphatic carbocycles. The summed E-state index contributed by atoms with van der Waals surface area (Å²) in [7, 11) is 0. The summed E-state index contributed by atoms with van der Waals surface area (Å²) in [5.74, 6) is -1.13. The molecule has 0 unspecified atom stereocenters. The first-order chi connectivity index (χ1) is 18.1. The van der Waals surface area contributed by atoms with Crippen molar-refractivity contribution in [2.75, 3.05) is 11.9 Å². The van der Waals surface area contributed by atoms with Gasteiger partial charge < -0.3 is 20.5 Å². The summed E-state index contributed by atoms with van der Waals surface area (Å²) in [5.41, 5.74) is 2.65. The Labute approximate surface area is 219 Å². The van der Waals surface area contributed by atoms with Crippen LogP contribution in [-0.4, -0.2) is 49.8 Å². The molecule has 4 rings (SSSR count). The summed E-state index contributed by atoms with van der Waals surface area (Å²) in [6.45, 7) is 5.81. The van der Waals surface area contributed by atoms with Gasteiger partial charge in [-0.2, -0.15) is 0 Å². The minimum atomic E-state index is -0.994. The van der Waals surface area contributed by atoms with Gasteiger partial charge in [0.25, 0.3) is 5.91 Å². The second-order valence-corrected chi connectivity index (χ2v) is 9.68. The van der Waals surface area contributed by atoms with Crippen LogP contribution in [0.5, 0.6) is 0 Å². The number of aliphatic carboxylic acids is 1. The molecule has 38 heavy (non-hydrogen) atoms. The van der Waals surface area contributed by atoms with Crippen LogP contribution in [0.1, 0.15) is 42.4 Å². The van der Waals surface area contributed by atoms with E-state index in [-0.39, 0.29) is 12.1 Å².